The van der Waals surface area contributed by atoms with Crippen molar-refractivity contribution in [3.05, 3.63) is 45.1 Å². The second-order valence-electron chi connectivity index (χ2n) is 4.48. The highest BCUT2D eigenvalue weighted by molar-refractivity contribution is 7.89. The van der Waals surface area contributed by atoms with E-state index < -0.39 is 10.0 Å². The molecule has 0 saturated heterocycles. The van der Waals surface area contributed by atoms with Gasteiger partial charge in [-0.25, -0.2) is 8.42 Å². The van der Waals surface area contributed by atoms with Crippen LogP contribution in [0.3, 0.4) is 0 Å². The molecule has 0 spiro atoms. The molecule has 0 aliphatic heterocycles. The van der Waals surface area contributed by atoms with Gasteiger partial charge in [0.2, 0.25) is 10.0 Å². The lowest BCUT2D eigenvalue weighted by molar-refractivity contribution is 0.469. The highest BCUT2D eigenvalue weighted by atomic mass is 35.5. The Bertz CT molecular complexity index is 712. The fourth-order valence-corrected chi connectivity index (χ4v) is 4.27. The Kier molecular flexibility index (Phi) is 4.39. The Hall–Kier alpha value is -1.08. The van der Waals surface area contributed by atoms with E-state index in [-0.39, 0.29) is 10.6 Å². The third-order valence-corrected chi connectivity index (χ3v) is 6.07. The Morgan fingerprint density at radius 1 is 1.40 bits per heavy atom. The fourth-order valence-electron chi connectivity index (χ4n) is 1.82. The number of nitrogen functional groups attached to an aromatic ring is 1. The van der Waals surface area contributed by atoms with Crippen molar-refractivity contribution in [3.63, 3.8) is 0 Å². The maximum atomic E-state index is 12.6. The van der Waals surface area contributed by atoms with E-state index in [1.165, 1.54) is 21.7 Å². The molecule has 0 unspecified atom stereocenters. The first kappa shape index (κ1) is 15.3. The number of hydrogen-bond donors (Lipinski definition) is 1. The lowest BCUT2D eigenvalue weighted by Gasteiger charge is -2.18. The number of thiophene rings is 1. The van der Waals surface area contributed by atoms with Crippen LogP contribution in [0.4, 0.5) is 5.69 Å². The van der Waals surface area contributed by atoms with Crippen molar-refractivity contribution in [2.75, 3.05) is 12.8 Å². The van der Waals surface area contributed by atoms with Crippen LogP contribution in [0.5, 0.6) is 0 Å². The highest BCUT2D eigenvalue weighted by Crippen LogP contribution is 2.28. The maximum Gasteiger partial charge on any atom is 0.243 e. The van der Waals surface area contributed by atoms with Crippen molar-refractivity contribution < 1.29 is 8.42 Å². The van der Waals surface area contributed by atoms with E-state index in [0.717, 1.165) is 4.88 Å². The molecule has 7 heteroatoms. The van der Waals surface area contributed by atoms with Gasteiger partial charge in [0.15, 0.2) is 0 Å². The van der Waals surface area contributed by atoms with Gasteiger partial charge in [-0.2, -0.15) is 4.31 Å². The van der Waals surface area contributed by atoms with Gasteiger partial charge in [0.05, 0.1) is 15.6 Å². The molecule has 1 aromatic heterocycles. The molecule has 20 heavy (non-hydrogen) atoms. The summed E-state index contributed by atoms with van der Waals surface area (Å²) in [5.41, 5.74) is 6.56. The molecule has 0 amide bonds. The van der Waals surface area contributed by atoms with Crippen LogP contribution in [0.25, 0.3) is 0 Å². The number of nitrogens with two attached hydrogens (primary N) is 1. The SMILES string of the molecule is Cc1cc(Cl)c(N)cc1S(=O)(=O)N(C)Cc1cccs1. The first-order valence-electron chi connectivity index (χ1n) is 5.86. The molecule has 1 aromatic carbocycles. The van der Waals surface area contributed by atoms with Gasteiger partial charge in [-0.05, 0) is 36.1 Å². The fraction of sp³-hybridized carbons (Fsp3) is 0.231. The summed E-state index contributed by atoms with van der Waals surface area (Å²) in [6.07, 6.45) is 0. The third kappa shape index (κ3) is 2.98. The maximum absolute atomic E-state index is 12.6. The molecule has 0 bridgehead atoms. The number of rotatable bonds is 4. The first-order chi connectivity index (χ1) is 9.32. The molecule has 2 N–H and O–H groups in total. The summed E-state index contributed by atoms with van der Waals surface area (Å²) in [5.74, 6) is 0. The summed E-state index contributed by atoms with van der Waals surface area (Å²) in [6.45, 7) is 2.04. The minimum Gasteiger partial charge on any atom is -0.397 e. The Morgan fingerprint density at radius 2 is 2.10 bits per heavy atom. The molecule has 0 aliphatic rings. The molecular formula is C13H15ClN2O2S2. The van der Waals surface area contributed by atoms with Gasteiger partial charge in [-0.1, -0.05) is 17.7 Å². The summed E-state index contributed by atoms with van der Waals surface area (Å²) in [5, 5.41) is 2.28. The molecule has 2 aromatic rings. The van der Waals surface area contributed by atoms with Crippen molar-refractivity contribution in [1.82, 2.24) is 4.31 Å². The average Bonchev–Trinajstić information content (AvgIpc) is 2.86. The highest BCUT2D eigenvalue weighted by Gasteiger charge is 2.24. The number of hydrogen-bond acceptors (Lipinski definition) is 4. The average molecular weight is 331 g/mol. The van der Waals surface area contributed by atoms with Gasteiger partial charge in [-0.3, -0.25) is 0 Å². The van der Waals surface area contributed by atoms with E-state index in [1.807, 2.05) is 17.5 Å². The van der Waals surface area contributed by atoms with E-state index in [9.17, 15) is 8.42 Å². The number of benzene rings is 1. The molecule has 0 atom stereocenters. The van der Waals surface area contributed by atoms with Crippen LogP contribution in [-0.4, -0.2) is 19.8 Å². The van der Waals surface area contributed by atoms with Gasteiger partial charge >= 0.3 is 0 Å². The van der Waals surface area contributed by atoms with Gasteiger partial charge in [0, 0.05) is 18.5 Å². The molecule has 4 nitrogen and oxygen atoms in total. The van der Waals surface area contributed by atoms with Crippen LogP contribution in [-0.2, 0) is 16.6 Å². The predicted molar refractivity (Wildman–Crippen MR) is 83.6 cm³/mol. The number of aryl methyl sites for hydroxylation is 1. The minimum atomic E-state index is -3.58. The molecule has 0 fully saturated rings. The van der Waals surface area contributed by atoms with E-state index in [1.54, 1.807) is 20.0 Å². The second kappa shape index (κ2) is 5.73. The Morgan fingerprint density at radius 3 is 2.70 bits per heavy atom. The van der Waals surface area contributed by atoms with Crippen LogP contribution in [0.1, 0.15) is 10.4 Å². The van der Waals surface area contributed by atoms with E-state index in [0.29, 0.717) is 17.1 Å². The summed E-state index contributed by atoms with van der Waals surface area (Å²) in [6, 6.07) is 6.78. The summed E-state index contributed by atoms with van der Waals surface area (Å²) >= 11 is 7.42. The molecule has 108 valence electrons. The van der Waals surface area contributed by atoms with Crippen molar-refractivity contribution in [2.45, 2.75) is 18.4 Å². The number of sulfonamides is 1. The van der Waals surface area contributed by atoms with Crippen LogP contribution in [0, 0.1) is 6.92 Å². The Labute approximate surface area is 127 Å². The predicted octanol–water partition coefficient (Wildman–Crippen LogP) is 3.11. The van der Waals surface area contributed by atoms with Crippen molar-refractivity contribution in [2.24, 2.45) is 0 Å². The smallest absolute Gasteiger partial charge is 0.243 e. The Balaban J connectivity index is 2.37. The first-order valence-corrected chi connectivity index (χ1v) is 8.56. The topological polar surface area (TPSA) is 63.4 Å². The van der Waals surface area contributed by atoms with Gasteiger partial charge < -0.3 is 5.73 Å². The molecule has 2 rings (SSSR count). The molecule has 0 aliphatic carbocycles. The number of halogens is 1. The minimum absolute atomic E-state index is 0.193. The number of nitrogens with zero attached hydrogens (tertiary/aromatic N) is 1. The van der Waals surface area contributed by atoms with E-state index in [4.69, 9.17) is 17.3 Å². The van der Waals surface area contributed by atoms with Crippen molar-refractivity contribution >= 4 is 38.6 Å². The zero-order valence-corrected chi connectivity index (χ0v) is 13.5. The van der Waals surface area contributed by atoms with E-state index in [2.05, 4.69) is 0 Å². The number of anilines is 1. The zero-order valence-electron chi connectivity index (χ0n) is 11.1. The van der Waals surface area contributed by atoms with Crippen LogP contribution < -0.4 is 5.73 Å². The zero-order chi connectivity index (χ0) is 14.9. The lowest BCUT2D eigenvalue weighted by atomic mass is 10.2. The van der Waals surface area contributed by atoms with Crippen molar-refractivity contribution in [1.29, 1.82) is 0 Å². The van der Waals surface area contributed by atoms with Crippen LogP contribution in [0.15, 0.2) is 34.5 Å². The van der Waals surface area contributed by atoms with Crippen LogP contribution in [0.2, 0.25) is 5.02 Å². The van der Waals surface area contributed by atoms with E-state index >= 15 is 0 Å². The second-order valence-corrected chi connectivity index (χ2v) is 7.93. The quantitative estimate of drug-likeness (QED) is 0.876. The third-order valence-electron chi connectivity index (χ3n) is 2.94. The van der Waals surface area contributed by atoms with Crippen LogP contribution >= 0.6 is 22.9 Å². The largest absolute Gasteiger partial charge is 0.397 e. The van der Waals surface area contributed by atoms with Gasteiger partial charge in [-0.15, -0.1) is 11.3 Å². The lowest BCUT2D eigenvalue weighted by Crippen LogP contribution is -2.26. The molecule has 0 radical (unpaired) electrons. The van der Waals surface area contributed by atoms with Gasteiger partial charge in [0.25, 0.3) is 0 Å². The summed E-state index contributed by atoms with van der Waals surface area (Å²) in [4.78, 5) is 1.18. The summed E-state index contributed by atoms with van der Waals surface area (Å²) < 4.78 is 26.5. The van der Waals surface area contributed by atoms with Gasteiger partial charge in [0.1, 0.15) is 0 Å². The van der Waals surface area contributed by atoms with Crippen molar-refractivity contribution in [3.8, 4) is 0 Å². The molecule has 0 saturated carbocycles. The normalized spacial score (nSPS) is 12.0. The monoisotopic (exact) mass is 330 g/mol. The molecular weight excluding hydrogens is 316 g/mol. The molecule has 1 heterocycles. The standard InChI is InChI=1S/C13H15ClN2O2S2/c1-9-6-11(14)12(15)7-13(9)20(17,18)16(2)8-10-4-3-5-19-10/h3-7H,8,15H2,1-2H3. The summed E-state index contributed by atoms with van der Waals surface area (Å²) in [7, 11) is -2.03.